The molecular formula is C15H20O5. The molecule has 2 heterocycles. The van der Waals surface area contributed by atoms with Crippen LogP contribution in [0.25, 0.3) is 0 Å². The summed E-state index contributed by atoms with van der Waals surface area (Å²) in [4.78, 5) is 16.3. The highest BCUT2D eigenvalue weighted by Gasteiger charge is 2.61. The van der Waals surface area contributed by atoms with Crippen LogP contribution in [0.2, 0.25) is 0 Å². The number of esters is 1. The maximum absolute atomic E-state index is 11.7. The van der Waals surface area contributed by atoms with Crippen molar-refractivity contribution in [1.82, 2.24) is 0 Å². The van der Waals surface area contributed by atoms with Crippen molar-refractivity contribution in [3.8, 4) is 0 Å². The molecule has 0 aromatic heterocycles. The van der Waals surface area contributed by atoms with Crippen molar-refractivity contribution in [2.45, 2.75) is 56.5 Å². The normalized spacial score (nSPS) is 44.6. The highest BCUT2D eigenvalue weighted by molar-refractivity contribution is 5.91. The van der Waals surface area contributed by atoms with Gasteiger partial charge >= 0.3 is 5.97 Å². The largest absolute Gasteiger partial charge is 0.455 e. The van der Waals surface area contributed by atoms with Crippen molar-refractivity contribution in [2.75, 3.05) is 0 Å². The van der Waals surface area contributed by atoms with Crippen LogP contribution < -0.4 is 0 Å². The first-order valence-corrected chi connectivity index (χ1v) is 7.02. The third-order valence-electron chi connectivity index (χ3n) is 4.85. The van der Waals surface area contributed by atoms with Gasteiger partial charge in [-0.05, 0) is 38.2 Å². The summed E-state index contributed by atoms with van der Waals surface area (Å²) < 4.78 is 11.2. The molecule has 3 aliphatic rings. The van der Waals surface area contributed by atoms with E-state index in [1.54, 1.807) is 0 Å². The monoisotopic (exact) mass is 280 g/mol. The summed E-state index contributed by atoms with van der Waals surface area (Å²) in [5.74, 6) is -0.360. The van der Waals surface area contributed by atoms with E-state index >= 15 is 0 Å². The fourth-order valence-electron chi connectivity index (χ4n) is 3.37. The lowest BCUT2D eigenvalue weighted by Crippen LogP contribution is -2.31. The Morgan fingerprint density at radius 3 is 2.85 bits per heavy atom. The van der Waals surface area contributed by atoms with E-state index in [1.165, 1.54) is 0 Å². The molecule has 0 amide bonds. The Kier molecular flexibility index (Phi) is 3.23. The second kappa shape index (κ2) is 4.69. The van der Waals surface area contributed by atoms with Crippen LogP contribution in [0.1, 0.15) is 32.6 Å². The zero-order chi connectivity index (χ0) is 14.5. The molecule has 3 rings (SSSR count). The number of carbonyl (C=O) groups is 1. The number of rotatable bonds is 1. The van der Waals surface area contributed by atoms with Crippen molar-refractivity contribution >= 4 is 5.97 Å². The van der Waals surface area contributed by atoms with E-state index in [2.05, 4.69) is 18.0 Å². The van der Waals surface area contributed by atoms with Crippen LogP contribution in [0, 0.1) is 5.92 Å². The fraction of sp³-hybridized carbons (Fsp3) is 0.667. The molecule has 5 unspecified atom stereocenters. The first kappa shape index (κ1) is 13.8. The van der Waals surface area contributed by atoms with E-state index in [9.17, 15) is 4.79 Å². The summed E-state index contributed by atoms with van der Waals surface area (Å²) in [7, 11) is 0. The van der Waals surface area contributed by atoms with Crippen molar-refractivity contribution in [3.63, 3.8) is 0 Å². The summed E-state index contributed by atoms with van der Waals surface area (Å²) in [6, 6.07) is 0. The Hall–Kier alpha value is -1.17. The number of hydrogen-bond donors (Lipinski definition) is 1. The average Bonchev–Trinajstić information content (AvgIpc) is 3.00. The molecule has 3 fully saturated rings. The smallest absolute Gasteiger partial charge is 0.334 e. The fourth-order valence-corrected chi connectivity index (χ4v) is 3.37. The van der Waals surface area contributed by atoms with E-state index in [-0.39, 0.29) is 35.8 Å². The SMILES string of the molecule is C=C1CCC2C(=C)C(=O)OC2C2OC2(C)CCC1OO. The average molecular weight is 280 g/mol. The van der Waals surface area contributed by atoms with Gasteiger partial charge in [0.2, 0.25) is 0 Å². The number of epoxide rings is 1. The van der Waals surface area contributed by atoms with Crippen molar-refractivity contribution in [1.29, 1.82) is 0 Å². The van der Waals surface area contributed by atoms with Crippen molar-refractivity contribution in [2.24, 2.45) is 5.92 Å². The molecule has 2 aliphatic heterocycles. The van der Waals surface area contributed by atoms with Gasteiger partial charge < -0.3 is 9.47 Å². The molecular weight excluding hydrogens is 260 g/mol. The molecule has 2 saturated heterocycles. The molecule has 110 valence electrons. The van der Waals surface area contributed by atoms with Gasteiger partial charge in [-0.1, -0.05) is 13.2 Å². The summed E-state index contributed by atoms with van der Waals surface area (Å²) in [5.41, 5.74) is 1.03. The number of ether oxygens (including phenoxy) is 2. The molecule has 5 nitrogen and oxygen atoms in total. The van der Waals surface area contributed by atoms with Gasteiger partial charge in [0.15, 0.2) is 0 Å². The molecule has 5 heteroatoms. The van der Waals surface area contributed by atoms with Gasteiger partial charge in [-0.2, -0.15) is 0 Å². The number of hydrogen-bond acceptors (Lipinski definition) is 5. The van der Waals surface area contributed by atoms with Crippen LogP contribution in [-0.4, -0.2) is 35.1 Å². The molecule has 0 spiro atoms. The third kappa shape index (κ3) is 2.10. The third-order valence-corrected chi connectivity index (χ3v) is 4.85. The van der Waals surface area contributed by atoms with Gasteiger partial charge in [0.25, 0.3) is 0 Å². The first-order valence-electron chi connectivity index (χ1n) is 7.02. The Bertz CT molecular complexity index is 471. The lowest BCUT2D eigenvalue weighted by atomic mass is 9.82. The maximum Gasteiger partial charge on any atom is 0.334 e. The molecule has 0 aromatic carbocycles. The molecule has 1 aliphatic carbocycles. The van der Waals surface area contributed by atoms with Gasteiger partial charge in [-0.15, -0.1) is 0 Å². The minimum absolute atomic E-state index is 0.0384. The topological polar surface area (TPSA) is 68.3 Å². The molecule has 0 bridgehead atoms. The van der Waals surface area contributed by atoms with Crippen LogP contribution >= 0.6 is 0 Å². The Morgan fingerprint density at radius 1 is 1.40 bits per heavy atom. The van der Waals surface area contributed by atoms with Crippen molar-refractivity contribution < 1.29 is 24.4 Å². The van der Waals surface area contributed by atoms with Gasteiger partial charge in [0.05, 0.1) is 5.60 Å². The summed E-state index contributed by atoms with van der Waals surface area (Å²) in [6.07, 6.45) is 2.07. The number of fused-ring (bicyclic) bond motifs is 3. The van der Waals surface area contributed by atoms with Crippen LogP contribution in [0.5, 0.6) is 0 Å². The quantitative estimate of drug-likeness (QED) is 0.199. The second-order valence-corrected chi connectivity index (χ2v) is 6.18. The van der Waals surface area contributed by atoms with E-state index in [0.29, 0.717) is 24.8 Å². The molecule has 1 N–H and O–H groups in total. The minimum atomic E-state index is -0.375. The second-order valence-electron chi connectivity index (χ2n) is 6.18. The van der Waals surface area contributed by atoms with Crippen LogP contribution in [0.15, 0.2) is 24.3 Å². The molecule has 0 radical (unpaired) electrons. The van der Waals surface area contributed by atoms with Gasteiger partial charge in [-0.25, -0.2) is 9.68 Å². The van der Waals surface area contributed by atoms with Crippen LogP contribution in [0.3, 0.4) is 0 Å². The summed E-state index contributed by atoms with van der Waals surface area (Å²) in [6.45, 7) is 9.83. The standard InChI is InChI=1S/C15H20O5/c1-8-4-5-10-9(2)14(16)18-12(10)13-15(3,19-13)7-6-11(8)20-17/h10-13,17H,1-2,4-7H2,3H3. The Balaban J connectivity index is 1.84. The first-order chi connectivity index (χ1) is 9.46. The predicted molar refractivity (Wildman–Crippen MR) is 70.9 cm³/mol. The van der Waals surface area contributed by atoms with E-state index in [0.717, 1.165) is 12.0 Å². The summed E-state index contributed by atoms with van der Waals surface area (Å²) in [5, 5.41) is 9.01. The Labute approximate surface area is 118 Å². The molecule has 20 heavy (non-hydrogen) atoms. The zero-order valence-electron chi connectivity index (χ0n) is 11.6. The van der Waals surface area contributed by atoms with Crippen molar-refractivity contribution in [3.05, 3.63) is 24.3 Å². The summed E-state index contributed by atoms with van der Waals surface area (Å²) >= 11 is 0. The number of carbonyl (C=O) groups excluding carboxylic acids is 1. The molecule has 1 saturated carbocycles. The lowest BCUT2D eigenvalue weighted by Gasteiger charge is -2.23. The van der Waals surface area contributed by atoms with Gasteiger partial charge in [-0.3, -0.25) is 5.26 Å². The van der Waals surface area contributed by atoms with Crippen LogP contribution in [0.4, 0.5) is 0 Å². The maximum atomic E-state index is 11.7. The minimum Gasteiger partial charge on any atom is -0.455 e. The molecule has 0 aromatic rings. The Morgan fingerprint density at radius 2 is 2.15 bits per heavy atom. The van der Waals surface area contributed by atoms with Gasteiger partial charge in [0, 0.05) is 11.5 Å². The van der Waals surface area contributed by atoms with E-state index < -0.39 is 0 Å². The zero-order valence-corrected chi connectivity index (χ0v) is 11.6. The van der Waals surface area contributed by atoms with E-state index in [4.69, 9.17) is 14.7 Å². The van der Waals surface area contributed by atoms with E-state index in [1.807, 2.05) is 6.92 Å². The highest BCUT2D eigenvalue weighted by Crippen LogP contribution is 2.50. The van der Waals surface area contributed by atoms with Gasteiger partial charge in [0.1, 0.15) is 18.3 Å². The van der Waals surface area contributed by atoms with Crippen LogP contribution in [-0.2, 0) is 19.2 Å². The highest BCUT2D eigenvalue weighted by atomic mass is 17.1. The molecule has 5 atom stereocenters. The lowest BCUT2D eigenvalue weighted by molar-refractivity contribution is -0.270. The predicted octanol–water partition coefficient (Wildman–Crippen LogP) is 2.23.